The quantitative estimate of drug-likeness (QED) is 0.835. The summed E-state index contributed by atoms with van der Waals surface area (Å²) in [7, 11) is 0. The van der Waals surface area contributed by atoms with Gasteiger partial charge in [-0.05, 0) is 19.9 Å². The van der Waals surface area contributed by atoms with Crippen molar-refractivity contribution in [1.29, 1.82) is 0 Å². The van der Waals surface area contributed by atoms with Crippen LogP contribution in [0, 0.1) is 0 Å². The first-order chi connectivity index (χ1) is 8.48. The monoisotopic (exact) mass is 258 g/mol. The normalized spacial score (nSPS) is 19.8. The molecule has 0 aromatic rings. The number of rotatable bonds is 4. The second-order valence-electron chi connectivity index (χ2n) is 4.84. The van der Waals surface area contributed by atoms with Crippen LogP contribution in [0.25, 0.3) is 0 Å². The Morgan fingerprint density at radius 3 is 2.06 bits per heavy atom. The average Bonchev–Trinajstić information content (AvgIpc) is 2.40. The van der Waals surface area contributed by atoms with Gasteiger partial charge in [0, 0.05) is 26.2 Å². The van der Waals surface area contributed by atoms with Crippen molar-refractivity contribution in [3.8, 4) is 0 Å². The molecule has 4 nitrogen and oxygen atoms in total. The van der Waals surface area contributed by atoms with Crippen molar-refractivity contribution < 1.29 is 9.90 Å². The molecule has 0 aromatic heterocycles. The van der Waals surface area contributed by atoms with E-state index in [9.17, 15) is 9.90 Å². The zero-order valence-electron chi connectivity index (χ0n) is 12.7. The van der Waals surface area contributed by atoms with Gasteiger partial charge >= 0.3 is 0 Å². The van der Waals surface area contributed by atoms with E-state index in [0.29, 0.717) is 6.42 Å². The molecule has 0 bridgehead atoms. The number of piperazine rings is 1. The third kappa shape index (κ3) is 5.83. The first-order valence-corrected chi connectivity index (χ1v) is 7.21. The Morgan fingerprint density at radius 1 is 1.17 bits per heavy atom. The highest BCUT2D eigenvalue weighted by Gasteiger charge is 2.27. The van der Waals surface area contributed by atoms with Gasteiger partial charge in [-0.2, -0.15) is 0 Å². The predicted molar refractivity (Wildman–Crippen MR) is 75.6 cm³/mol. The molecule has 0 aromatic carbocycles. The van der Waals surface area contributed by atoms with Gasteiger partial charge in [0.15, 0.2) is 0 Å². The standard InChI is InChI=1S/C12H24N2O2.C2H6/c1-4-12(3,16)10-11(15)14-8-6-13(5-2)7-9-14;1-2/h16H,4-10H2,1-3H3;1-2H3. The van der Waals surface area contributed by atoms with Gasteiger partial charge in [-0.25, -0.2) is 0 Å². The summed E-state index contributed by atoms with van der Waals surface area (Å²) in [4.78, 5) is 16.1. The Balaban J connectivity index is 0.00000137. The molecule has 0 radical (unpaired) electrons. The fraction of sp³-hybridized carbons (Fsp3) is 0.929. The smallest absolute Gasteiger partial charge is 0.225 e. The molecular weight excluding hydrogens is 228 g/mol. The average molecular weight is 258 g/mol. The van der Waals surface area contributed by atoms with Crippen molar-refractivity contribution in [3.63, 3.8) is 0 Å². The molecule has 4 heteroatoms. The Bertz CT molecular complexity index is 234. The highest BCUT2D eigenvalue weighted by atomic mass is 16.3. The van der Waals surface area contributed by atoms with E-state index in [1.54, 1.807) is 6.92 Å². The highest BCUT2D eigenvalue weighted by molar-refractivity contribution is 5.77. The Hall–Kier alpha value is -0.610. The molecule has 108 valence electrons. The van der Waals surface area contributed by atoms with Crippen LogP contribution in [0.3, 0.4) is 0 Å². The number of aliphatic hydroxyl groups is 1. The molecule has 0 spiro atoms. The summed E-state index contributed by atoms with van der Waals surface area (Å²) in [5.41, 5.74) is -0.848. The molecule has 1 heterocycles. The largest absolute Gasteiger partial charge is 0.390 e. The first kappa shape index (κ1) is 17.4. The van der Waals surface area contributed by atoms with Crippen LogP contribution in [0.4, 0.5) is 0 Å². The number of carbonyl (C=O) groups is 1. The number of amides is 1. The topological polar surface area (TPSA) is 43.8 Å². The van der Waals surface area contributed by atoms with Crippen LogP contribution in [0.2, 0.25) is 0 Å². The Morgan fingerprint density at radius 2 is 1.67 bits per heavy atom. The summed E-state index contributed by atoms with van der Waals surface area (Å²) >= 11 is 0. The van der Waals surface area contributed by atoms with Crippen LogP contribution in [0.1, 0.15) is 47.5 Å². The van der Waals surface area contributed by atoms with Crippen LogP contribution in [-0.2, 0) is 4.79 Å². The summed E-state index contributed by atoms with van der Waals surface area (Å²) in [6.45, 7) is 14.3. The van der Waals surface area contributed by atoms with Gasteiger partial charge in [0.2, 0.25) is 5.91 Å². The minimum absolute atomic E-state index is 0.0857. The van der Waals surface area contributed by atoms with Gasteiger partial charge in [0.25, 0.3) is 0 Å². The molecular formula is C14H30N2O2. The van der Waals surface area contributed by atoms with Crippen molar-refractivity contribution in [2.24, 2.45) is 0 Å². The summed E-state index contributed by atoms with van der Waals surface area (Å²) < 4.78 is 0. The van der Waals surface area contributed by atoms with E-state index in [0.717, 1.165) is 32.7 Å². The minimum Gasteiger partial charge on any atom is -0.390 e. The van der Waals surface area contributed by atoms with Crippen LogP contribution < -0.4 is 0 Å². The van der Waals surface area contributed by atoms with Crippen molar-refractivity contribution in [1.82, 2.24) is 9.80 Å². The van der Waals surface area contributed by atoms with Crippen molar-refractivity contribution in [3.05, 3.63) is 0 Å². The highest BCUT2D eigenvalue weighted by Crippen LogP contribution is 2.16. The van der Waals surface area contributed by atoms with E-state index in [4.69, 9.17) is 0 Å². The number of nitrogens with zero attached hydrogens (tertiary/aromatic N) is 2. The van der Waals surface area contributed by atoms with E-state index in [2.05, 4.69) is 11.8 Å². The van der Waals surface area contributed by atoms with Crippen molar-refractivity contribution >= 4 is 5.91 Å². The molecule has 18 heavy (non-hydrogen) atoms. The fourth-order valence-electron chi connectivity index (χ4n) is 1.88. The SMILES string of the molecule is CC.CCN1CCN(C(=O)CC(C)(O)CC)CC1. The predicted octanol–water partition coefficient (Wildman–Crippen LogP) is 1.73. The van der Waals surface area contributed by atoms with Crippen LogP contribution in [0.5, 0.6) is 0 Å². The van der Waals surface area contributed by atoms with Gasteiger partial charge in [0.1, 0.15) is 0 Å². The lowest BCUT2D eigenvalue weighted by molar-refractivity contribution is -0.137. The van der Waals surface area contributed by atoms with E-state index in [1.165, 1.54) is 0 Å². The van der Waals surface area contributed by atoms with Gasteiger partial charge in [-0.15, -0.1) is 0 Å². The zero-order chi connectivity index (χ0) is 14.2. The molecule has 1 rings (SSSR count). The Kier molecular flexibility index (Phi) is 8.20. The van der Waals surface area contributed by atoms with E-state index < -0.39 is 5.60 Å². The zero-order valence-corrected chi connectivity index (χ0v) is 12.7. The number of hydrogen-bond acceptors (Lipinski definition) is 3. The fourth-order valence-corrected chi connectivity index (χ4v) is 1.88. The van der Waals surface area contributed by atoms with E-state index in [-0.39, 0.29) is 12.3 Å². The maximum absolute atomic E-state index is 11.9. The lowest BCUT2D eigenvalue weighted by atomic mass is 9.98. The minimum atomic E-state index is -0.848. The molecule has 1 amide bonds. The van der Waals surface area contributed by atoms with Crippen LogP contribution >= 0.6 is 0 Å². The molecule has 1 saturated heterocycles. The van der Waals surface area contributed by atoms with Gasteiger partial charge in [-0.1, -0.05) is 27.7 Å². The summed E-state index contributed by atoms with van der Waals surface area (Å²) in [5.74, 6) is 0.0857. The van der Waals surface area contributed by atoms with Gasteiger partial charge in [0.05, 0.1) is 12.0 Å². The van der Waals surface area contributed by atoms with Crippen LogP contribution in [-0.4, -0.2) is 59.1 Å². The van der Waals surface area contributed by atoms with Gasteiger partial charge in [-0.3, -0.25) is 4.79 Å². The summed E-state index contributed by atoms with van der Waals surface area (Å²) in [6, 6.07) is 0. The van der Waals surface area contributed by atoms with E-state index >= 15 is 0 Å². The molecule has 1 aliphatic rings. The van der Waals surface area contributed by atoms with Crippen LogP contribution in [0.15, 0.2) is 0 Å². The first-order valence-electron chi connectivity index (χ1n) is 7.21. The Labute approximate surface area is 112 Å². The number of carbonyl (C=O) groups excluding carboxylic acids is 1. The lowest BCUT2D eigenvalue weighted by Gasteiger charge is -2.35. The van der Waals surface area contributed by atoms with Crippen molar-refractivity contribution in [2.45, 2.75) is 53.1 Å². The summed E-state index contributed by atoms with van der Waals surface area (Å²) in [5, 5.41) is 9.86. The molecule has 0 saturated carbocycles. The van der Waals surface area contributed by atoms with Gasteiger partial charge < -0.3 is 14.9 Å². The third-order valence-electron chi connectivity index (χ3n) is 3.47. The molecule has 1 fully saturated rings. The van der Waals surface area contributed by atoms with Crippen molar-refractivity contribution in [2.75, 3.05) is 32.7 Å². The molecule has 1 unspecified atom stereocenters. The van der Waals surface area contributed by atoms with E-state index in [1.807, 2.05) is 25.7 Å². The number of hydrogen-bond donors (Lipinski definition) is 1. The maximum Gasteiger partial charge on any atom is 0.225 e. The lowest BCUT2D eigenvalue weighted by Crippen LogP contribution is -2.49. The second kappa shape index (κ2) is 8.48. The maximum atomic E-state index is 11.9. The number of likely N-dealkylation sites (N-methyl/N-ethyl adjacent to an activating group) is 1. The summed E-state index contributed by atoms with van der Waals surface area (Å²) in [6.07, 6.45) is 0.864. The molecule has 0 aliphatic carbocycles. The molecule has 1 aliphatic heterocycles. The molecule has 1 N–H and O–H groups in total. The second-order valence-corrected chi connectivity index (χ2v) is 4.84. The third-order valence-corrected chi connectivity index (χ3v) is 3.47. The molecule has 1 atom stereocenters.